The molecular weight excluding hydrogens is 656 g/mol. The van der Waals surface area contributed by atoms with Crippen LogP contribution in [0.3, 0.4) is 0 Å². The number of non-ortho nitro benzene ring substituents is 2. The lowest BCUT2D eigenvalue weighted by Crippen LogP contribution is -2.15. The third-order valence-corrected chi connectivity index (χ3v) is 8.22. The van der Waals surface area contributed by atoms with E-state index in [0.717, 1.165) is 28.4 Å². The number of carbonyl (C=O) groups is 4. The first kappa shape index (κ1) is 36.5. The molecule has 0 fully saturated rings. The van der Waals surface area contributed by atoms with Crippen LogP contribution in [0.1, 0.15) is 66.7 Å². The van der Waals surface area contributed by atoms with Gasteiger partial charge in [0.2, 0.25) is 0 Å². The zero-order valence-corrected chi connectivity index (χ0v) is 28.1. The number of nitro benzene ring substituents is 2. The third kappa shape index (κ3) is 6.54. The number of aromatic nitrogens is 2. The molecule has 4 rings (SSSR count). The van der Waals surface area contributed by atoms with Crippen LogP contribution in [-0.4, -0.2) is 71.3 Å². The molecule has 0 saturated heterocycles. The van der Waals surface area contributed by atoms with E-state index in [1.54, 1.807) is 23.0 Å². The molecule has 0 spiro atoms. The monoisotopic (exact) mass is 690 g/mol. The van der Waals surface area contributed by atoms with Gasteiger partial charge in [-0.05, 0) is 48.2 Å². The number of hydrogen-bond donors (Lipinski definition) is 0. The van der Waals surface area contributed by atoms with Crippen molar-refractivity contribution in [3.63, 3.8) is 0 Å². The highest BCUT2D eigenvalue weighted by Crippen LogP contribution is 2.37. The van der Waals surface area contributed by atoms with Gasteiger partial charge in [0, 0.05) is 48.7 Å². The van der Waals surface area contributed by atoms with Crippen LogP contribution in [0.25, 0.3) is 22.5 Å². The van der Waals surface area contributed by atoms with E-state index in [1.165, 1.54) is 48.5 Å². The van der Waals surface area contributed by atoms with Crippen molar-refractivity contribution in [2.45, 2.75) is 39.8 Å². The first-order valence-corrected chi connectivity index (χ1v) is 15.2. The lowest BCUT2D eigenvalue weighted by Gasteiger charge is -2.18. The fourth-order valence-electron chi connectivity index (χ4n) is 6.09. The number of benzene rings is 2. The average molecular weight is 691 g/mol. The predicted molar refractivity (Wildman–Crippen MR) is 177 cm³/mol. The molecule has 0 atom stereocenters. The van der Waals surface area contributed by atoms with Crippen LogP contribution in [0, 0.1) is 20.2 Å². The van der Waals surface area contributed by atoms with E-state index >= 15 is 0 Å². The first-order valence-electron chi connectivity index (χ1n) is 15.2. The van der Waals surface area contributed by atoms with Crippen molar-refractivity contribution in [1.29, 1.82) is 0 Å². The Balaban J connectivity index is 2.07. The van der Waals surface area contributed by atoms with Crippen LogP contribution in [0.2, 0.25) is 0 Å². The van der Waals surface area contributed by atoms with Crippen molar-refractivity contribution < 1.29 is 48.0 Å². The Labute approximate surface area is 285 Å². The minimum Gasteiger partial charge on any atom is -0.465 e. The molecule has 2 aromatic heterocycles. The summed E-state index contributed by atoms with van der Waals surface area (Å²) >= 11 is 0. The van der Waals surface area contributed by atoms with Gasteiger partial charge in [-0.15, -0.1) is 0 Å². The lowest BCUT2D eigenvalue weighted by atomic mass is 10.0. The Morgan fingerprint density at radius 2 is 0.820 bits per heavy atom. The van der Waals surface area contributed by atoms with Crippen molar-refractivity contribution >= 4 is 35.3 Å². The van der Waals surface area contributed by atoms with E-state index in [9.17, 15) is 39.4 Å². The summed E-state index contributed by atoms with van der Waals surface area (Å²) in [4.78, 5) is 74.9. The topological polar surface area (TPSA) is 201 Å². The normalized spacial score (nSPS) is 10.8. The van der Waals surface area contributed by atoms with Crippen molar-refractivity contribution in [3.05, 3.63) is 102 Å². The van der Waals surface area contributed by atoms with Gasteiger partial charge in [0.25, 0.3) is 11.4 Å². The van der Waals surface area contributed by atoms with Crippen LogP contribution in [0.15, 0.2) is 48.5 Å². The standard InChI is InChI=1S/C34H34N4O12/c1-7-23-25(31(39)47-3)27(33(41)49-5)29(19-9-13-21(14-10-19)37(43)44)35(23)17-18-36-24(8-2)26(32(40)48-4)28(34(42)50-6)30(36)20-11-15-22(16-12-20)38(45)46/h9-16H,7-8,17-18H2,1-6H3. The number of hydrogen-bond acceptors (Lipinski definition) is 12. The molecule has 0 bridgehead atoms. The molecule has 0 radical (unpaired) electrons. The summed E-state index contributed by atoms with van der Waals surface area (Å²) in [7, 11) is 4.63. The van der Waals surface area contributed by atoms with Crippen molar-refractivity contribution in [3.8, 4) is 22.5 Å². The largest absolute Gasteiger partial charge is 0.465 e. The van der Waals surface area contributed by atoms with Gasteiger partial charge in [0.15, 0.2) is 0 Å². The molecular formula is C34H34N4O12. The predicted octanol–water partition coefficient (Wildman–Crippen LogP) is 5.41. The number of nitro groups is 2. The molecule has 50 heavy (non-hydrogen) atoms. The fraction of sp³-hybridized carbons (Fsp3) is 0.294. The quantitative estimate of drug-likeness (QED) is 0.0748. The SMILES string of the molecule is CCc1c(C(=O)OC)c(C(=O)OC)c(-c2ccc([N+](=O)[O-])cc2)n1CCn1c(CC)c(C(=O)OC)c(C(=O)OC)c1-c1ccc([N+](=O)[O-])cc1. The van der Waals surface area contributed by atoms with Crippen molar-refractivity contribution in [2.24, 2.45) is 0 Å². The zero-order chi connectivity index (χ0) is 36.9. The number of rotatable bonds is 13. The minimum atomic E-state index is -0.852. The molecule has 0 aliphatic rings. The number of carbonyl (C=O) groups excluding carboxylic acids is 4. The highest BCUT2D eigenvalue weighted by Gasteiger charge is 2.35. The highest BCUT2D eigenvalue weighted by atomic mass is 16.6. The number of ether oxygens (including phenoxy) is 4. The molecule has 0 aliphatic carbocycles. The molecule has 0 unspecified atom stereocenters. The number of esters is 4. The van der Waals surface area contributed by atoms with E-state index in [1.807, 2.05) is 0 Å². The molecule has 2 aromatic carbocycles. The second kappa shape index (κ2) is 15.3. The summed E-state index contributed by atoms with van der Waals surface area (Å²) in [6, 6.07) is 10.8. The van der Waals surface area contributed by atoms with Gasteiger partial charge in [0.05, 0.1) is 60.8 Å². The molecule has 4 aromatic rings. The molecule has 0 amide bonds. The van der Waals surface area contributed by atoms with Gasteiger partial charge in [-0.25, -0.2) is 19.2 Å². The molecule has 262 valence electrons. The zero-order valence-electron chi connectivity index (χ0n) is 28.1. The highest BCUT2D eigenvalue weighted by molar-refractivity contribution is 6.10. The van der Waals surface area contributed by atoms with Gasteiger partial charge < -0.3 is 28.1 Å². The number of nitrogens with zero attached hydrogens (tertiary/aromatic N) is 4. The summed E-state index contributed by atoms with van der Waals surface area (Å²) < 4.78 is 23.7. The Hall–Kier alpha value is -6.32. The van der Waals surface area contributed by atoms with E-state index in [4.69, 9.17) is 18.9 Å². The van der Waals surface area contributed by atoms with E-state index in [2.05, 4.69) is 0 Å². The van der Waals surface area contributed by atoms with Crippen LogP contribution < -0.4 is 0 Å². The third-order valence-electron chi connectivity index (χ3n) is 8.22. The average Bonchev–Trinajstić information content (AvgIpc) is 3.65. The van der Waals surface area contributed by atoms with Crippen LogP contribution in [0.4, 0.5) is 11.4 Å². The Kier molecular flexibility index (Phi) is 11.2. The second-order valence-electron chi connectivity index (χ2n) is 10.7. The molecule has 0 saturated carbocycles. The van der Waals surface area contributed by atoms with Gasteiger partial charge in [0.1, 0.15) is 11.1 Å². The Bertz CT molecular complexity index is 1850. The van der Waals surface area contributed by atoms with Crippen LogP contribution in [0.5, 0.6) is 0 Å². The van der Waals surface area contributed by atoms with Crippen LogP contribution >= 0.6 is 0 Å². The molecule has 0 N–H and O–H groups in total. The Morgan fingerprint density at radius 3 is 1.06 bits per heavy atom. The summed E-state index contributed by atoms with van der Waals surface area (Å²) in [5.41, 5.74) is 1.16. The summed E-state index contributed by atoms with van der Waals surface area (Å²) in [6.07, 6.45) is 0.452. The maximum atomic E-state index is 13.4. The van der Waals surface area contributed by atoms with Gasteiger partial charge in [-0.2, -0.15) is 0 Å². The fourth-order valence-corrected chi connectivity index (χ4v) is 6.09. The summed E-state index contributed by atoms with van der Waals surface area (Å²) in [6.45, 7) is 3.55. The van der Waals surface area contributed by atoms with E-state index in [0.29, 0.717) is 22.5 Å². The molecule has 0 aliphatic heterocycles. The first-order chi connectivity index (χ1) is 23.9. The molecule has 2 heterocycles. The maximum absolute atomic E-state index is 13.4. The van der Waals surface area contributed by atoms with Gasteiger partial charge >= 0.3 is 23.9 Å². The van der Waals surface area contributed by atoms with E-state index in [-0.39, 0.29) is 70.9 Å². The molecule has 16 heteroatoms. The molecule has 16 nitrogen and oxygen atoms in total. The number of methoxy groups -OCH3 is 4. The van der Waals surface area contributed by atoms with Crippen molar-refractivity contribution in [1.82, 2.24) is 9.13 Å². The second-order valence-corrected chi connectivity index (χ2v) is 10.7. The minimum absolute atomic E-state index is 0.0133. The smallest absolute Gasteiger partial charge is 0.340 e. The Morgan fingerprint density at radius 1 is 0.540 bits per heavy atom. The summed E-state index contributed by atoms with van der Waals surface area (Å²) in [5.74, 6) is -3.33. The summed E-state index contributed by atoms with van der Waals surface area (Å²) in [5, 5.41) is 22.8. The maximum Gasteiger partial charge on any atom is 0.340 e. The van der Waals surface area contributed by atoms with Crippen LogP contribution in [-0.2, 0) is 44.9 Å². The van der Waals surface area contributed by atoms with Gasteiger partial charge in [-0.1, -0.05) is 13.8 Å². The van der Waals surface area contributed by atoms with Crippen molar-refractivity contribution in [2.75, 3.05) is 28.4 Å². The van der Waals surface area contributed by atoms with E-state index < -0.39 is 33.7 Å². The van der Waals surface area contributed by atoms with Gasteiger partial charge in [-0.3, -0.25) is 20.2 Å². The lowest BCUT2D eigenvalue weighted by molar-refractivity contribution is -0.385.